The van der Waals surface area contributed by atoms with Crippen molar-refractivity contribution in [3.63, 3.8) is 0 Å². The second-order valence-electron chi connectivity index (χ2n) is 1.06. The Morgan fingerprint density at radius 3 is 1.09 bits per heavy atom. The molecule has 0 aliphatic rings. The van der Waals surface area contributed by atoms with Crippen LogP contribution in [0.15, 0.2) is 0 Å². The molecule has 0 bridgehead atoms. The molecule has 8 nitrogen and oxygen atoms in total. The third-order valence-corrected chi connectivity index (χ3v) is 1.91. The molecule has 0 amide bonds. The smallest absolute Gasteiger partial charge is 0.478 e. The monoisotopic (exact) mass is 224 g/mol. The van der Waals surface area contributed by atoms with Gasteiger partial charge in [0.2, 0.25) is 0 Å². The van der Waals surface area contributed by atoms with E-state index in [9.17, 15) is 9.13 Å². The van der Waals surface area contributed by atoms with Gasteiger partial charge in [-0.3, -0.25) is 0 Å². The lowest BCUT2D eigenvalue weighted by molar-refractivity contribution is 0.225. The molecule has 0 aromatic heterocycles. The first-order valence-corrected chi connectivity index (χ1v) is 5.93. The van der Waals surface area contributed by atoms with E-state index in [-0.39, 0.29) is 0 Å². The van der Waals surface area contributed by atoms with Crippen LogP contribution in [0.1, 0.15) is 0 Å². The molecule has 0 saturated heterocycles. The number of rotatable bonds is 2. The summed E-state index contributed by atoms with van der Waals surface area (Å²) in [6.45, 7) is 0. The van der Waals surface area contributed by atoms with Crippen molar-refractivity contribution in [1.82, 2.24) is 0 Å². The molecule has 0 saturated carbocycles. The van der Waals surface area contributed by atoms with E-state index in [2.05, 4.69) is 4.31 Å². The van der Waals surface area contributed by atoms with Crippen molar-refractivity contribution in [2.24, 2.45) is 0 Å². The quantitative estimate of drug-likeness (QED) is 0.260. The maximum atomic E-state index is 9.63. The minimum absolute atomic E-state index is 0.306. The van der Waals surface area contributed by atoms with Crippen LogP contribution >= 0.6 is 15.6 Å². The molecule has 0 aliphatic carbocycles. The summed E-state index contributed by atoms with van der Waals surface area (Å²) in [7, 11) is -10.1. The number of hydrogen-bond acceptors (Lipinski definition) is 4. The molecule has 0 radical (unpaired) electrons. The molecule has 68 valence electrons. The van der Waals surface area contributed by atoms with E-state index in [1.807, 2.05) is 0 Å². The van der Waals surface area contributed by atoms with Crippen LogP contribution < -0.4 is 0 Å². The first kappa shape index (κ1) is 14.3. The Kier molecular flexibility index (Phi) is 7.02. The van der Waals surface area contributed by atoms with Gasteiger partial charge in [0.1, 0.15) is 0 Å². The van der Waals surface area contributed by atoms with Gasteiger partial charge in [0.05, 0.1) is 0 Å². The van der Waals surface area contributed by atoms with Crippen molar-refractivity contribution in [2.75, 3.05) is 0 Å². The Balaban J connectivity index is 0. The second kappa shape index (κ2) is 5.41. The van der Waals surface area contributed by atoms with Gasteiger partial charge >= 0.3 is 32.3 Å². The van der Waals surface area contributed by atoms with Crippen molar-refractivity contribution in [2.45, 2.75) is 0 Å². The van der Waals surface area contributed by atoms with Gasteiger partial charge in [-0.1, -0.05) is 0 Å². The Bertz CT molecular complexity index is 153. The van der Waals surface area contributed by atoms with Crippen LogP contribution in [-0.2, 0) is 13.4 Å². The highest BCUT2D eigenvalue weighted by atomic mass is 31.3. The summed E-state index contributed by atoms with van der Waals surface area (Å²) >= 11 is 0.306. The van der Waals surface area contributed by atoms with Crippen LogP contribution in [0.5, 0.6) is 0 Å². The molecule has 0 rings (SSSR count). The first-order valence-electron chi connectivity index (χ1n) is 1.98. The van der Waals surface area contributed by atoms with E-state index in [4.69, 9.17) is 23.7 Å². The fourth-order valence-corrected chi connectivity index (χ4v) is 1.25. The minimum atomic E-state index is -5.05. The maximum Gasteiger partial charge on any atom is 0.478 e. The van der Waals surface area contributed by atoms with Gasteiger partial charge in [0.25, 0.3) is 0 Å². The molecule has 0 fully saturated rings. The van der Waals surface area contributed by atoms with Gasteiger partial charge in [-0.15, -0.1) is 0 Å². The van der Waals surface area contributed by atoms with E-state index in [1.54, 1.807) is 0 Å². The molecule has 0 atom stereocenters. The molecule has 0 unspecified atom stereocenters. The fourth-order valence-electron chi connectivity index (χ4n) is 0.139. The van der Waals surface area contributed by atoms with E-state index in [0.29, 0.717) is 16.6 Å². The summed E-state index contributed by atoms with van der Waals surface area (Å²) in [5, 5.41) is 0. The highest BCUT2D eigenvalue weighted by molar-refractivity contribution is 7.60. The summed E-state index contributed by atoms with van der Waals surface area (Å²) in [5.74, 6) is 0. The zero-order valence-electron chi connectivity index (χ0n) is 5.36. The van der Waals surface area contributed by atoms with E-state index >= 15 is 0 Å². The standard InChI is InChI=1S/Al.H4O7P2.H2O.2H/c;1-8(2,3)7-9(4,5)6;;;/h;(H2,1,2,3)(H2,4,5,6);1H2;;/q+1;;;;/p-1. The second-order valence-corrected chi connectivity index (χ2v) is 3.68. The molecule has 0 aromatic carbocycles. The average Bonchev–Trinajstić information content (AvgIpc) is 1.60. The van der Waals surface area contributed by atoms with E-state index in [0.717, 1.165) is 0 Å². The van der Waals surface area contributed by atoms with Gasteiger partial charge in [0.15, 0.2) is 0 Å². The van der Waals surface area contributed by atoms with Crippen molar-refractivity contribution in [3.8, 4) is 0 Å². The first-order chi connectivity index (χ1) is 4.71. The van der Waals surface area contributed by atoms with E-state index < -0.39 is 15.6 Å². The zero-order chi connectivity index (χ0) is 9.71. The summed E-state index contributed by atoms with van der Waals surface area (Å²) in [5.41, 5.74) is 0. The normalized spacial score (nSPS) is 11.7. The summed E-state index contributed by atoms with van der Waals surface area (Å²) in [6, 6.07) is 0. The molecule has 11 heavy (non-hydrogen) atoms. The third kappa shape index (κ3) is 18.1. The predicted molar refractivity (Wildman–Crippen MR) is 35.9 cm³/mol. The lowest BCUT2D eigenvalue weighted by atomic mass is 15.7. The highest BCUT2D eigenvalue weighted by Gasteiger charge is 2.27. The zero-order valence-corrected chi connectivity index (χ0v) is 9.14. The lowest BCUT2D eigenvalue weighted by Crippen LogP contribution is -1.84. The fraction of sp³-hybridized carbons (Fsp3) is 0. The van der Waals surface area contributed by atoms with Crippen LogP contribution in [0.25, 0.3) is 0 Å². The third-order valence-electron chi connectivity index (χ3n) is 0.213. The van der Waals surface area contributed by atoms with Gasteiger partial charge in [0, 0.05) is 0 Å². The van der Waals surface area contributed by atoms with Crippen LogP contribution in [0.2, 0.25) is 0 Å². The Hall–Kier alpha value is 0.752. The minimum Gasteiger partial charge on any atom is -0.521 e. The van der Waals surface area contributed by atoms with Gasteiger partial charge in [-0.25, -0.2) is 9.13 Å². The van der Waals surface area contributed by atoms with Crippen molar-refractivity contribution < 1.29 is 37.2 Å². The highest BCUT2D eigenvalue weighted by Crippen LogP contribution is 2.53. The molecular formula is H7AlO8P2. The van der Waals surface area contributed by atoms with Gasteiger partial charge in [-0.05, 0) is 0 Å². The van der Waals surface area contributed by atoms with Gasteiger partial charge < -0.3 is 23.7 Å². The molecule has 5 N–H and O–H groups in total. The molecule has 11 heteroatoms. The van der Waals surface area contributed by atoms with Crippen LogP contribution in [0, 0.1) is 0 Å². The predicted octanol–water partition coefficient (Wildman–Crippen LogP) is -2.28. The molecule has 0 aromatic rings. The van der Waals surface area contributed by atoms with Crippen molar-refractivity contribution in [3.05, 3.63) is 0 Å². The number of hydrogen-bond donors (Lipinski definition) is 5. The van der Waals surface area contributed by atoms with Crippen LogP contribution in [0.4, 0.5) is 0 Å². The van der Waals surface area contributed by atoms with Crippen molar-refractivity contribution in [1.29, 1.82) is 0 Å². The molecular weight excluding hydrogens is 217 g/mol. The summed E-state index contributed by atoms with van der Waals surface area (Å²) in [4.78, 5) is 31.0. The van der Waals surface area contributed by atoms with Gasteiger partial charge in [-0.2, -0.15) is 4.31 Å². The number of phosphoric acid groups is 2. The molecule has 0 spiro atoms. The summed E-state index contributed by atoms with van der Waals surface area (Å²) < 4.78 is 29.4. The Morgan fingerprint density at radius 1 is 0.909 bits per heavy atom. The Labute approximate surface area is 70.1 Å². The lowest BCUT2D eigenvalue weighted by Gasteiger charge is -2.03. The Morgan fingerprint density at radius 2 is 1.09 bits per heavy atom. The van der Waals surface area contributed by atoms with Crippen molar-refractivity contribution >= 4 is 32.3 Å². The largest absolute Gasteiger partial charge is 0.521 e. The maximum absolute atomic E-state index is 9.63. The SMILES string of the molecule is O=P(O)(O)OP(=O)(O)O.[OH][AlH2]. The molecule has 0 aliphatic heterocycles. The average molecular weight is 224 g/mol. The topological polar surface area (TPSA) is 145 Å². The van der Waals surface area contributed by atoms with E-state index in [1.165, 1.54) is 0 Å². The summed E-state index contributed by atoms with van der Waals surface area (Å²) in [6.07, 6.45) is 0. The molecule has 0 heterocycles. The van der Waals surface area contributed by atoms with Crippen LogP contribution in [0.3, 0.4) is 0 Å². The van der Waals surface area contributed by atoms with Crippen LogP contribution in [-0.4, -0.2) is 40.4 Å².